The first-order valence-corrected chi connectivity index (χ1v) is 5.47. The second-order valence-electron chi connectivity index (χ2n) is 4.56. The van der Waals surface area contributed by atoms with Crippen LogP contribution in [0.1, 0.15) is 0 Å². The molecule has 4 heteroatoms. The summed E-state index contributed by atoms with van der Waals surface area (Å²) in [5, 5.41) is 3.49. The number of benzene rings is 1. The van der Waals surface area contributed by atoms with Crippen molar-refractivity contribution >= 4 is 17.3 Å². The van der Waals surface area contributed by atoms with Gasteiger partial charge < -0.3 is 10.2 Å². The first-order valence-electron chi connectivity index (χ1n) is 5.09. The lowest BCUT2D eigenvalue weighted by Crippen LogP contribution is -2.71. The minimum atomic E-state index is -0.346. The fraction of sp³-hybridized carbons (Fsp3) is 0.455. The zero-order chi connectivity index (χ0) is 10.5. The molecule has 2 aliphatic heterocycles. The quantitative estimate of drug-likeness (QED) is 0.787. The third kappa shape index (κ3) is 1.42. The van der Waals surface area contributed by atoms with Crippen molar-refractivity contribution in [1.82, 2.24) is 5.32 Å². The highest BCUT2D eigenvalue weighted by molar-refractivity contribution is 6.31. The predicted molar refractivity (Wildman–Crippen MR) is 58.9 cm³/mol. The summed E-state index contributed by atoms with van der Waals surface area (Å²) < 4.78 is 13.0. The van der Waals surface area contributed by atoms with Crippen molar-refractivity contribution in [2.24, 2.45) is 5.41 Å². The highest BCUT2D eigenvalue weighted by Gasteiger charge is 2.47. The Morgan fingerprint density at radius 3 is 2.60 bits per heavy atom. The molecule has 0 aromatic heterocycles. The highest BCUT2D eigenvalue weighted by atomic mass is 35.5. The summed E-state index contributed by atoms with van der Waals surface area (Å²) in [4.78, 5) is 2.24. The van der Waals surface area contributed by atoms with Crippen molar-refractivity contribution in [2.75, 3.05) is 31.1 Å². The van der Waals surface area contributed by atoms with E-state index in [1.165, 1.54) is 6.07 Å². The van der Waals surface area contributed by atoms with E-state index in [0.29, 0.717) is 5.41 Å². The van der Waals surface area contributed by atoms with Gasteiger partial charge in [-0.3, -0.25) is 0 Å². The van der Waals surface area contributed by atoms with Gasteiger partial charge in [0.05, 0.1) is 5.02 Å². The fourth-order valence-electron chi connectivity index (χ4n) is 2.33. The molecule has 0 saturated carbocycles. The molecule has 0 bridgehead atoms. The molecule has 3 rings (SSSR count). The van der Waals surface area contributed by atoms with E-state index in [0.717, 1.165) is 31.9 Å². The maximum Gasteiger partial charge on any atom is 0.141 e. The summed E-state index contributed by atoms with van der Waals surface area (Å²) >= 11 is 5.74. The molecule has 80 valence electrons. The highest BCUT2D eigenvalue weighted by Crippen LogP contribution is 2.38. The lowest BCUT2D eigenvalue weighted by atomic mass is 9.74. The molecule has 1 N–H and O–H groups in total. The maximum absolute atomic E-state index is 13.0. The Bertz CT molecular complexity index is 396. The Balaban J connectivity index is 1.75. The molecule has 0 atom stereocenters. The fourth-order valence-corrected chi connectivity index (χ4v) is 2.50. The molecular weight excluding hydrogens is 215 g/mol. The predicted octanol–water partition coefficient (Wildman–Crippen LogP) is 1.89. The van der Waals surface area contributed by atoms with E-state index in [1.807, 2.05) is 0 Å². The number of nitrogens with one attached hydrogen (secondary N) is 1. The van der Waals surface area contributed by atoms with Crippen LogP contribution in [-0.4, -0.2) is 26.2 Å². The Morgan fingerprint density at radius 2 is 2.07 bits per heavy atom. The smallest absolute Gasteiger partial charge is 0.141 e. The van der Waals surface area contributed by atoms with E-state index >= 15 is 0 Å². The molecule has 1 aromatic rings. The van der Waals surface area contributed by atoms with Gasteiger partial charge in [-0.2, -0.15) is 0 Å². The summed E-state index contributed by atoms with van der Waals surface area (Å²) in [6.07, 6.45) is 0. The van der Waals surface area contributed by atoms with Gasteiger partial charge in [0.2, 0.25) is 0 Å². The van der Waals surface area contributed by atoms with Gasteiger partial charge in [-0.25, -0.2) is 4.39 Å². The Morgan fingerprint density at radius 1 is 1.33 bits per heavy atom. The average molecular weight is 227 g/mol. The van der Waals surface area contributed by atoms with Crippen LogP contribution >= 0.6 is 11.6 Å². The molecule has 1 spiro atoms. The molecule has 2 aliphatic rings. The van der Waals surface area contributed by atoms with E-state index in [1.54, 1.807) is 12.1 Å². The average Bonchev–Trinajstić information content (AvgIpc) is 2.06. The van der Waals surface area contributed by atoms with Crippen LogP contribution in [0.25, 0.3) is 0 Å². The normalized spacial score (nSPS) is 22.4. The van der Waals surface area contributed by atoms with Crippen LogP contribution in [0.15, 0.2) is 18.2 Å². The number of halogens is 2. The number of hydrogen-bond donors (Lipinski definition) is 1. The van der Waals surface area contributed by atoms with Gasteiger partial charge in [-0.15, -0.1) is 0 Å². The topological polar surface area (TPSA) is 15.3 Å². The Hall–Kier alpha value is -0.800. The van der Waals surface area contributed by atoms with Crippen LogP contribution < -0.4 is 10.2 Å². The van der Waals surface area contributed by atoms with E-state index in [4.69, 9.17) is 11.6 Å². The van der Waals surface area contributed by atoms with Gasteiger partial charge in [0.25, 0.3) is 0 Å². The van der Waals surface area contributed by atoms with Gasteiger partial charge in [0, 0.05) is 37.3 Å². The molecule has 2 nitrogen and oxygen atoms in total. The number of rotatable bonds is 1. The number of anilines is 1. The molecule has 15 heavy (non-hydrogen) atoms. The first-order chi connectivity index (χ1) is 7.19. The van der Waals surface area contributed by atoms with Crippen LogP contribution in [0.2, 0.25) is 5.02 Å². The molecule has 1 aromatic carbocycles. The van der Waals surface area contributed by atoms with Gasteiger partial charge in [-0.1, -0.05) is 11.6 Å². The summed E-state index contributed by atoms with van der Waals surface area (Å²) in [7, 11) is 0. The molecule has 2 saturated heterocycles. The zero-order valence-electron chi connectivity index (χ0n) is 8.26. The monoisotopic (exact) mass is 226 g/mol. The van der Waals surface area contributed by atoms with Crippen LogP contribution in [0.3, 0.4) is 0 Å². The van der Waals surface area contributed by atoms with Crippen LogP contribution in [0.4, 0.5) is 10.1 Å². The number of hydrogen-bond acceptors (Lipinski definition) is 2. The minimum absolute atomic E-state index is 0.209. The Labute approximate surface area is 93.0 Å². The van der Waals surface area contributed by atoms with Crippen molar-refractivity contribution in [3.8, 4) is 0 Å². The van der Waals surface area contributed by atoms with E-state index in [-0.39, 0.29) is 10.8 Å². The molecule has 0 unspecified atom stereocenters. The van der Waals surface area contributed by atoms with Gasteiger partial charge in [0.1, 0.15) is 5.82 Å². The van der Waals surface area contributed by atoms with Crippen LogP contribution in [0.5, 0.6) is 0 Å². The molecule has 0 aliphatic carbocycles. The van der Waals surface area contributed by atoms with Crippen LogP contribution in [-0.2, 0) is 0 Å². The van der Waals surface area contributed by atoms with E-state index in [9.17, 15) is 4.39 Å². The summed E-state index contributed by atoms with van der Waals surface area (Å²) in [5.41, 5.74) is 1.51. The molecule has 0 amide bonds. The first kappa shape index (κ1) is 9.43. The second kappa shape index (κ2) is 3.09. The number of nitrogens with zero attached hydrogens (tertiary/aromatic N) is 1. The zero-order valence-corrected chi connectivity index (χ0v) is 9.02. The van der Waals surface area contributed by atoms with Crippen molar-refractivity contribution in [2.45, 2.75) is 0 Å². The van der Waals surface area contributed by atoms with Crippen molar-refractivity contribution < 1.29 is 4.39 Å². The SMILES string of the molecule is Fc1ccc(N2CC3(CNC3)C2)cc1Cl. The lowest BCUT2D eigenvalue weighted by Gasteiger charge is -2.57. The molecule has 2 fully saturated rings. The van der Waals surface area contributed by atoms with Gasteiger partial charge in [-0.05, 0) is 18.2 Å². The summed E-state index contributed by atoms with van der Waals surface area (Å²) in [6, 6.07) is 4.93. The van der Waals surface area contributed by atoms with Gasteiger partial charge >= 0.3 is 0 Å². The maximum atomic E-state index is 13.0. The van der Waals surface area contributed by atoms with Crippen LogP contribution in [0, 0.1) is 11.2 Å². The largest absolute Gasteiger partial charge is 0.370 e. The summed E-state index contributed by atoms with van der Waals surface area (Å²) in [5.74, 6) is -0.346. The van der Waals surface area contributed by atoms with E-state index in [2.05, 4.69) is 10.2 Å². The molecule has 0 radical (unpaired) electrons. The van der Waals surface area contributed by atoms with E-state index < -0.39 is 0 Å². The second-order valence-corrected chi connectivity index (χ2v) is 4.97. The van der Waals surface area contributed by atoms with Crippen molar-refractivity contribution in [1.29, 1.82) is 0 Å². The summed E-state index contributed by atoms with van der Waals surface area (Å²) in [6.45, 7) is 4.33. The standard InChI is InChI=1S/C11H12ClFN2/c12-9-3-8(1-2-10(9)13)15-6-11(7-15)4-14-5-11/h1-3,14H,4-7H2. The molecule has 2 heterocycles. The molecular formula is C11H12ClFN2. The minimum Gasteiger partial charge on any atom is -0.370 e. The van der Waals surface area contributed by atoms with Crippen molar-refractivity contribution in [3.63, 3.8) is 0 Å². The van der Waals surface area contributed by atoms with Gasteiger partial charge in [0.15, 0.2) is 0 Å². The lowest BCUT2D eigenvalue weighted by molar-refractivity contribution is 0.121. The Kier molecular flexibility index (Phi) is 1.94. The van der Waals surface area contributed by atoms with Crippen molar-refractivity contribution in [3.05, 3.63) is 29.0 Å². The third-order valence-corrected chi connectivity index (χ3v) is 3.61. The third-order valence-electron chi connectivity index (χ3n) is 3.32.